The molecule has 1 heterocycles. The van der Waals surface area contributed by atoms with Crippen LogP contribution in [0.1, 0.15) is 28.6 Å². The van der Waals surface area contributed by atoms with Gasteiger partial charge in [-0.1, -0.05) is 12.1 Å². The zero-order valence-electron chi connectivity index (χ0n) is 10.0. The number of hydrogen-bond donors (Lipinski definition) is 1. The summed E-state index contributed by atoms with van der Waals surface area (Å²) in [6.07, 6.45) is -2.58. The fraction of sp³-hybridized carbons (Fsp3) is 0.231. The maximum absolute atomic E-state index is 12.4. The molecule has 0 aliphatic heterocycles. The summed E-state index contributed by atoms with van der Waals surface area (Å²) in [7, 11) is 0. The molecule has 0 aliphatic rings. The minimum Gasteiger partial charge on any atom is -0.382 e. The smallest absolute Gasteiger partial charge is 0.382 e. The van der Waals surface area contributed by atoms with Gasteiger partial charge in [0, 0.05) is 6.20 Å². The van der Waals surface area contributed by atoms with Crippen molar-refractivity contribution in [1.82, 2.24) is 9.97 Å². The Morgan fingerprint density at radius 1 is 1.05 bits per heavy atom. The molecule has 0 saturated heterocycles. The first-order valence-corrected chi connectivity index (χ1v) is 5.51. The van der Waals surface area contributed by atoms with Gasteiger partial charge in [0.15, 0.2) is 0 Å². The van der Waals surface area contributed by atoms with Crippen LogP contribution in [0.2, 0.25) is 0 Å². The Morgan fingerprint density at radius 2 is 1.68 bits per heavy atom. The Kier molecular flexibility index (Phi) is 3.53. The lowest BCUT2D eigenvalue weighted by molar-refractivity contribution is -0.137. The van der Waals surface area contributed by atoms with Crippen molar-refractivity contribution in [1.29, 1.82) is 0 Å². The molecule has 1 unspecified atom stereocenters. The second-order valence-corrected chi connectivity index (χ2v) is 4.10. The molecule has 0 amide bonds. The molecule has 2 rings (SSSR count). The van der Waals surface area contributed by atoms with E-state index in [0.29, 0.717) is 17.0 Å². The van der Waals surface area contributed by atoms with Crippen molar-refractivity contribution in [2.75, 3.05) is 0 Å². The average Bonchev–Trinajstić information content (AvgIpc) is 2.38. The van der Waals surface area contributed by atoms with Gasteiger partial charge >= 0.3 is 6.18 Å². The SMILES string of the molecule is Cc1cnc(C(O)c2ccc(C(F)(F)F)cc2)cn1. The van der Waals surface area contributed by atoms with Crippen LogP contribution in [0.5, 0.6) is 0 Å². The maximum atomic E-state index is 12.4. The van der Waals surface area contributed by atoms with Crippen molar-refractivity contribution < 1.29 is 18.3 Å². The maximum Gasteiger partial charge on any atom is 0.416 e. The molecule has 1 atom stereocenters. The molecule has 19 heavy (non-hydrogen) atoms. The Balaban J connectivity index is 2.25. The van der Waals surface area contributed by atoms with Crippen LogP contribution in [0.4, 0.5) is 13.2 Å². The number of alkyl halides is 3. The van der Waals surface area contributed by atoms with Crippen LogP contribution >= 0.6 is 0 Å². The van der Waals surface area contributed by atoms with E-state index in [-0.39, 0.29) is 0 Å². The number of rotatable bonds is 2. The van der Waals surface area contributed by atoms with Crippen LogP contribution in [0, 0.1) is 6.92 Å². The van der Waals surface area contributed by atoms with E-state index in [1.807, 2.05) is 0 Å². The lowest BCUT2D eigenvalue weighted by Crippen LogP contribution is -2.07. The van der Waals surface area contributed by atoms with Crippen LogP contribution in [0.25, 0.3) is 0 Å². The van der Waals surface area contributed by atoms with Crippen LogP contribution < -0.4 is 0 Å². The standard InChI is InChI=1S/C13H11F3N2O/c1-8-6-18-11(7-17-8)12(19)9-2-4-10(5-3-9)13(14,15)16/h2-7,12,19H,1H3. The van der Waals surface area contributed by atoms with E-state index in [1.54, 1.807) is 6.92 Å². The van der Waals surface area contributed by atoms with Crippen molar-refractivity contribution >= 4 is 0 Å². The zero-order chi connectivity index (χ0) is 14.0. The Bertz CT molecular complexity index is 550. The van der Waals surface area contributed by atoms with Crippen molar-refractivity contribution in [3.63, 3.8) is 0 Å². The highest BCUT2D eigenvalue weighted by atomic mass is 19.4. The number of aryl methyl sites for hydroxylation is 1. The van der Waals surface area contributed by atoms with E-state index in [9.17, 15) is 18.3 Å². The molecule has 6 heteroatoms. The van der Waals surface area contributed by atoms with Gasteiger partial charge in [-0.2, -0.15) is 13.2 Å². The van der Waals surface area contributed by atoms with Gasteiger partial charge in [-0.15, -0.1) is 0 Å². The van der Waals surface area contributed by atoms with Gasteiger partial charge < -0.3 is 5.11 Å². The lowest BCUT2D eigenvalue weighted by atomic mass is 10.0. The van der Waals surface area contributed by atoms with Gasteiger partial charge in [-0.25, -0.2) is 0 Å². The predicted molar refractivity (Wildman–Crippen MR) is 62.3 cm³/mol. The van der Waals surface area contributed by atoms with Crippen LogP contribution in [0.15, 0.2) is 36.7 Å². The van der Waals surface area contributed by atoms with Gasteiger partial charge in [0.25, 0.3) is 0 Å². The first kappa shape index (κ1) is 13.5. The van der Waals surface area contributed by atoms with Gasteiger partial charge in [-0.05, 0) is 24.6 Å². The summed E-state index contributed by atoms with van der Waals surface area (Å²) in [6, 6.07) is 4.32. The van der Waals surface area contributed by atoms with Gasteiger partial charge in [-0.3, -0.25) is 9.97 Å². The molecule has 1 aromatic carbocycles. The largest absolute Gasteiger partial charge is 0.416 e. The van der Waals surface area contributed by atoms with E-state index in [1.165, 1.54) is 24.5 Å². The molecule has 0 saturated carbocycles. The molecule has 0 bridgehead atoms. The highest BCUT2D eigenvalue weighted by Gasteiger charge is 2.30. The Morgan fingerprint density at radius 3 is 2.16 bits per heavy atom. The highest BCUT2D eigenvalue weighted by molar-refractivity contribution is 5.29. The summed E-state index contributed by atoms with van der Waals surface area (Å²) in [4.78, 5) is 7.97. The summed E-state index contributed by atoms with van der Waals surface area (Å²) in [5, 5.41) is 9.99. The van der Waals surface area contributed by atoms with E-state index in [0.717, 1.165) is 12.1 Å². The molecule has 1 N–H and O–H groups in total. The molecular weight excluding hydrogens is 257 g/mol. The highest BCUT2D eigenvalue weighted by Crippen LogP contribution is 2.30. The fourth-order valence-electron chi connectivity index (χ4n) is 1.57. The molecule has 3 nitrogen and oxygen atoms in total. The van der Waals surface area contributed by atoms with Crippen LogP contribution in [-0.4, -0.2) is 15.1 Å². The first-order chi connectivity index (χ1) is 8.88. The van der Waals surface area contributed by atoms with Crippen molar-refractivity contribution in [2.45, 2.75) is 19.2 Å². The number of benzene rings is 1. The summed E-state index contributed by atoms with van der Waals surface area (Å²) in [6.45, 7) is 1.75. The normalized spacial score (nSPS) is 13.3. The summed E-state index contributed by atoms with van der Waals surface area (Å²) >= 11 is 0. The van der Waals surface area contributed by atoms with E-state index in [2.05, 4.69) is 9.97 Å². The predicted octanol–water partition coefficient (Wildman–Crippen LogP) is 2.89. The Hall–Kier alpha value is -1.95. The van der Waals surface area contributed by atoms with Crippen molar-refractivity contribution in [3.05, 3.63) is 59.2 Å². The topological polar surface area (TPSA) is 46.0 Å². The fourth-order valence-corrected chi connectivity index (χ4v) is 1.57. The molecule has 0 radical (unpaired) electrons. The van der Waals surface area contributed by atoms with E-state index < -0.39 is 17.8 Å². The van der Waals surface area contributed by atoms with Gasteiger partial charge in [0.05, 0.1) is 23.1 Å². The monoisotopic (exact) mass is 268 g/mol. The summed E-state index contributed by atoms with van der Waals surface area (Å²) in [5.41, 5.74) is 0.582. The van der Waals surface area contributed by atoms with E-state index in [4.69, 9.17) is 0 Å². The van der Waals surface area contributed by atoms with Crippen molar-refractivity contribution in [2.24, 2.45) is 0 Å². The number of aromatic nitrogens is 2. The molecule has 2 aromatic rings. The summed E-state index contributed by atoms with van der Waals surface area (Å²) in [5.74, 6) is 0. The minimum absolute atomic E-state index is 0.297. The minimum atomic E-state index is -4.38. The third-order valence-corrected chi connectivity index (χ3v) is 2.63. The number of aliphatic hydroxyl groups is 1. The van der Waals surface area contributed by atoms with Gasteiger partial charge in [0.2, 0.25) is 0 Å². The molecule has 0 fully saturated rings. The summed E-state index contributed by atoms with van der Waals surface area (Å²) < 4.78 is 37.2. The van der Waals surface area contributed by atoms with Crippen LogP contribution in [-0.2, 0) is 6.18 Å². The second-order valence-electron chi connectivity index (χ2n) is 4.10. The molecular formula is C13H11F3N2O. The number of nitrogens with zero attached hydrogens (tertiary/aromatic N) is 2. The number of hydrogen-bond acceptors (Lipinski definition) is 3. The van der Waals surface area contributed by atoms with Crippen LogP contribution in [0.3, 0.4) is 0 Å². The quantitative estimate of drug-likeness (QED) is 0.911. The third-order valence-electron chi connectivity index (χ3n) is 2.63. The molecule has 100 valence electrons. The second kappa shape index (κ2) is 4.97. The number of halogens is 3. The Labute approximate surface area is 107 Å². The van der Waals surface area contributed by atoms with Crippen molar-refractivity contribution in [3.8, 4) is 0 Å². The first-order valence-electron chi connectivity index (χ1n) is 5.51. The molecule has 0 aliphatic carbocycles. The average molecular weight is 268 g/mol. The molecule has 1 aromatic heterocycles. The number of aliphatic hydroxyl groups excluding tert-OH is 1. The van der Waals surface area contributed by atoms with Gasteiger partial charge in [0.1, 0.15) is 6.10 Å². The third kappa shape index (κ3) is 3.08. The zero-order valence-corrected chi connectivity index (χ0v) is 10.0. The molecule has 0 spiro atoms. The van der Waals surface area contributed by atoms with E-state index >= 15 is 0 Å². The lowest BCUT2D eigenvalue weighted by Gasteiger charge is -2.12.